The number of nitrogens with two attached hydrogens (primary N) is 1. The van der Waals surface area contributed by atoms with Gasteiger partial charge in [0.1, 0.15) is 6.26 Å². The number of amides is 1. The highest BCUT2D eigenvalue weighted by Crippen LogP contribution is 2.45. The van der Waals surface area contributed by atoms with Crippen LogP contribution in [0, 0.1) is 0 Å². The number of carboxylic acid groups (broad SMARTS) is 1. The standard InChI is InChI=1S/C30H31NO7/c1-35-24-14-13-22(17-25(24)36-2)30(18-20-9-5-3-6-10-20,29-37-19-26(38-29)28(33)34)16-15-23(27(31)32)21-11-7-4-8-12-21/h3-14,17,19,23,29H,15-16,18H2,1-2H3,(H2,31,32)(H,33,34). The van der Waals surface area contributed by atoms with Gasteiger partial charge in [0, 0.05) is 0 Å². The molecular weight excluding hydrogens is 486 g/mol. The monoisotopic (exact) mass is 517 g/mol. The largest absolute Gasteiger partial charge is 0.493 e. The molecule has 0 fully saturated rings. The summed E-state index contributed by atoms with van der Waals surface area (Å²) in [5, 5.41) is 9.58. The van der Waals surface area contributed by atoms with Crippen LogP contribution < -0.4 is 15.2 Å². The fourth-order valence-corrected chi connectivity index (χ4v) is 4.98. The first-order valence-corrected chi connectivity index (χ1v) is 12.2. The molecule has 3 atom stereocenters. The molecule has 8 nitrogen and oxygen atoms in total. The number of rotatable bonds is 12. The van der Waals surface area contributed by atoms with E-state index in [-0.39, 0.29) is 5.76 Å². The molecule has 8 heteroatoms. The molecule has 0 spiro atoms. The molecule has 0 bridgehead atoms. The summed E-state index contributed by atoms with van der Waals surface area (Å²) in [7, 11) is 3.10. The van der Waals surface area contributed by atoms with Crippen molar-refractivity contribution in [2.24, 2.45) is 5.73 Å². The van der Waals surface area contributed by atoms with Gasteiger partial charge in [-0.25, -0.2) is 4.79 Å². The summed E-state index contributed by atoms with van der Waals surface area (Å²) in [5.74, 6) is -1.49. The molecular formula is C30H31NO7. The normalized spacial score (nSPS) is 16.8. The summed E-state index contributed by atoms with van der Waals surface area (Å²) in [6, 6.07) is 24.6. The molecule has 1 aliphatic heterocycles. The van der Waals surface area contributed by atoms with Crippen molar-refractivity contribution in [2.75, 3.05) is 14.2 Å². The molecule has 198 valence electrons. The third-order valence-electron chi connectivity index (χ3n) is 6.94. The second-order valence-electron chi connectivity index (χ2n) is 9.17. The Bertz CT molecular complexity index is 1290. The molecule has 3 N–H and O–H groups in total. The van der Waals surface area contributed by atoms with Crippen molar-refractivity contribution in [3.8, 4) is 11.5 Å². The van der Waals surface area contributed by atoms with E-state index in [0.717, 1.165) is 23.0 Å². The van der Waals surface area contributed by atoms with Crippen LogP contribution in [0.1, 0.15) is 35.4 Å². The summed E-state index contributed by atoms with van der Waals surface area (Å²) in [5.41, 5.74) is 7.49. The quantitative estimate of drug-likeness (QED) is 0.362. The van der Waals surface area contributed by atoms with Crippen molar-refractivity contribution in [2.45, 2.75) is 36.9 Å². The van der Waals surface area contributed by atoms with E-state index >= 15 is 0 Å². The minimum absolute atomic E-state index is 0.289. The van der Waals surface area contributed by atoms with Crippen LogP contribution in [-0.2, 0) is 30.9 Å². The fourth-order valence-electron chi connectivity index (χ4n) is 4.98. The molecule has 0 saturated carbocycles. The zero-order valence-electron chi connectivity index (χ0n) is 21.3. The van der Waals surface area contributed by atoms with Gasteiger partial charge in [0.05, 0.1) is 25.6 Å². The summed E-state index contributed by atoms with van der Waals surface area (Å²) in [6.45, 7) is 0. The van der Waals surface area contributed by atoms with E-state index < -0.39 is 29.5 Å². The zero-order chi connectivity index (χ0) is 27.1. The van der Waals surface area contributed by atoms with Crippen LogP contribution >= 0.6 is 0 Å². The van der Waals surface area contributed by atoms with Crippen molar-refractivity contribution in [3.05, 3.63) is 108 Å². The maximum atomic E-state index is 12.6. The van der Waals surface area contributed by atoms with E-state index in [4.69, 9.17) is 24.7 Å². The Kier molecular flexibility index (Phi) is 8.21. The Morgan fingerprint density at radius 2 is 1.63 bits per heavy atom. The number of carbonyl (C=O) groups excluding carboxylic acids is 1. The van der Waals surface area contributed by atoms with Crippen LogP contribution in [0.4, 0.5) is 0 Å². The third-order valence-corrected chi connectivity index (χ3v) is 6.94. The first-order chi connectivity index (χ1) is 18.4. The van der Waals surface area contributed by atoms with E-state index in [9.17, 15) is 14.7 Å². The second-order valence-corrected chi connectivity index (χ2v) is 9.17. The van der Waals surface area contributed by atoms with Gasteiger partial charge in [0.2, 0.25) is 11.7 Å². The number of carbonyl (C=O) groups is 2. The molecule has 1 amide bonds. The molecule has 0 aromatic heterocycles. The van der Waals surface area contributed by atoms with Gasteiger partial charge in [0.25, 0.3) is 6.29 Å². The molecule has 0 aliphatic carbocycles. The summed E-state index contributed by atoms with van der Waals surface area (Å²) >= 11 is 0. The number of aliphatic carboxylic acids is 1. The molecule has 1 aliphatic rings. The maximum absolute atomic E-state index is 12.6. The van der Waals surface area contributed by atoms with Crippen LogP contribution in [0.15, 0.2) is 90.9 Å². The van der Waals surface area contributed by atoms with E-state index in [1.165, 1.54) is 0 Å². The lowest BCUT2D eigenvalue weighted by molar-refractivity contribution is -0.143. The van der Waals surface area contributed by atoms with Crippen LogP contribution in [0.2, 0.25) is 0 Å². The SMILES string of the molecule is COc1ccc(C(CCC(C(N)=O)c2ccccc2)(Cc2ccccc2)C2OC=C(C(=O)O)O2)cc1OC. The van der Waals surface area contributed by atoms with Gasteiger partial charge in [-0.15, -0.1) is 0 Å². The van der Waals surface area contributed by atoms with Crippen molar-refractivity contribution < 1.29 is 33.6 Å². The van der Waals surface area contributed by atoms with Gasteiger partial charge in [-0.3, -0.25) is 4.79 Å². The van der Waals surface area contributed by atoms with Crippen LogP contribution in [0.25, 0.3) is 0 Å². The first-order valence-electron chi connectivity index (χ1n) is 12.2. The van der Waals surface area contributed by atoms with Crippen molar-refractivity contribution in [1.82, 2.24) is 0 Å². The predicted molar refractivity (Wildman–Crippen MR) is 141 cm³/mol. The Morgan fingerprint density at radius 1 is 0.974 bits per heavy atom. The molecule has 3 aromatic carbocycles. The smallest absolute Gasteiger partial charge is 0.374 e. The minimum Gasteiger partial charge on any atom is -0.493 e. The van der Waals surface area contributed by atoms with E-state index in [0.29, 0.717) is 30.8 Å². The molecule has 4 rings (SSSR count). The lowest BCUT2D eigenvalue weighted by Crippen LogP contribution is -2.43. The Morgan fingerprint density at radius 3 is 2.21 bits per heavy atom. The first kappa shape index (κ1) is 26.6. The Labute approximate surface area is 221 Å². The number of hydrogen-bond acceptors (Lipinski definition) is 6. The van der Waals surface area contributed by atoms with Crippen molar-refractivity contribution in [1.29, 1.82) is 0 Å². The van der Waals surface area contributed by atoms with Gasteiger partial charge >= 0.3 is 5.97 Å². The maximum Gasteiger partial charge on any atom is 0.374 e. The average Bonchev–Trinajstić information content (AvgIpc) is 3.44. The molecule has 0 saturated heterocycles. The fraction of sp³-hybridized carbons (Fsp3) is 0.267. The van der Waals surface area contributed by atoms with Crippen LogP contribution in [-0.4, -0.2) is 37.5 Å². The van der Waals surface area contributed by atoms with Gasteiger partial charge in [-0.05, 0) is 48.1 Å². The highest BCUT2D eigenvalue weighted by atomic mass is 16.7. The van der Waals surface area contributed by atoms with Crippen molar-refractivity contribution >= 4 is 11.9 Å². The number of ether oxygens (including phenoxy) is 4. The van der Waals surface area contributed by atoms with E-state index in [1.807, 2.05) is 72.8 Å². The number of methoxy groups -OCH3 is 2. The number of carboxylic acids is 1. The summed E-state index contributed by atoms with van der Waals surface area (Å²) in [6.07, 6.45) is 1.30. The molecule has 3 aromatic rings. The highest BCUT2D eigenvalue weighted by molar-refractivity contribution is 5.84. The Balaban J connectivity index is 1.83. The predicted octanol–water partition coefficient (Wildman–Crippen LogP) is 4.53. The molecule has 38 heavy (non-hydrogen) atoms. The second kappa shape index (κ2) is 11.7. The summed E-state index contributed by atoms with van der Waals surface area (Å²) in [4.78, 5) is 24.3. The third kappa shape index (κ3) is 5.59. The van der Waals surface area contributed by atoms with E-state index in [2.05, 4.69) is 0 Å². The Hall–Kier alpha value is -4.46. The minimum atomic E-state index is -1.23. The van der Waals surface area contributed by atoms with Crippen LogP contribution in [0.3, 0.4) is 0 Å². The zero-order valence-corrected chi connectivity index (χ0v) is 21.3. The molecule has 0 radical (unpaired) electrons. The molecule has 3 unspecified atom stereocenters. The van der Waals surface area contributed by atoms with Crippen molar-refractivity contribution in [3.63, 3.8) is 0 Å². The van der Waals surface area contributed by atoms with Crippen LogP contribution in [0.5, 0.6) is 11.5 Å². The number of primary amides is 1. The lowest BCUT2D eigenvalue weighted by atomic mass is 9.69. The highest BCUT2D eigenvalue weighted by Gasteiger charge is 2.47. The topological polar surface area (TPSA) is 117 Å². The number of hydrogen-bond donors (Lipinski definition) is 2. The molecule has 1 heterocycles. The van der Waals surface area contributed by atoms with Gasteiger partial charge < -0.3 is 29.8 Å². The van der Waals surface area contributed by atoms with E-state index in [1.54, 1.807) is 20.3 Å². The number of benzene rings is 3. The summed E-state index contributed by atoms with van der Waals surface area (Å²) < 4.78 is 22.8. The van der Waals surface area contributed by atoms with Gasteiger partial charge in [-0.1, -0.05) is 66.7 Å². The lowest BCUT2D eigenvalue weighted by Gasteiger charge is -2.39. The average molecular weight is 518 g/mol. The van der Waals surface area contributed by atoms with Gasteiger partial charge in [0.15, 0.2) is 11.5 Å². The van der Waals surface area contributed by atoms with Gasteiger partial charge in [-0.2, -0.15) is 0 Å².